The van der Waals surface area contributed by atoms with Gasteiger partial charge >= 0.3 is 0 Å². The summed E-state index contributed by atoms with van der Waals surface area (Å²) < 4.78 is 18.2. The summed E-state index contributed by atoms with van der Waals surface area (Å²) in [6.07, 6.45) is 0. The molecule has 0 bridgehead atoms. The van der Waals surface area contributed by atoms with E-state index in [-0.39, 0.29) is 11.9 Å². The van der Waals surface area contributed by atoms with Gasteiger partial charge in [0.2, 0.25) is 0 Å². The van der Waals surface area contributed by atoms with E-state index in [2.05, 4.69) is 0 Å². The highest BCUT2D eigenvalue weighted by atomic mass is 32.2. The van der Waals surface area contributed by atoms with Crippen LogP contribution in [0.25, 0.3) is 0 Å². The molecule has 19 heavy (non-hydrogen) atoms. The van der Waals surface area contributed by atoms with Crippen LogP contribution in [0.5, 0.6) is 5.75 Å². The zero-order chi connectivity index (χ0) is 13.7. The normalized spacial score (nSPS) is 12.2. The van der Waals surface area contributed by atoms with Gasteiger partial charge in [-0.3, -0.25) is 0 Å². The smallest absolute Gasteiger partial charge is 0.124 e. The lowest BCUT2D eigenvalue weighted by atomic mass is 10.1. The molecule has 1 unspecified atom stereocenters. The van der Waals surface area contributed by atoms with Crippen LogP contribution < -0.4 is 10.5 Å². The van der Waals surface area contributed by atoms with Crippen LogP contribution in [0.1, 0.15) is 11.6 Å². The SMILES string of the molecule is COc1cccc(C(N)CSc2cccc(F)c2)c1. The third kappa shape index (κ3) is 3.98. The highest BCUT2D eigenvalue weighted by Gasteiger charge is 2.08. The van der Waals surface area contributed by atoms with E-state index in [0.29, 0.717) is 5.75 Å². The molecule has 0 amide bonds. The second kappa shape index (κ2) is 6.59. The fraction of sp³-hybridized carbons (Fsp3) is 0.200. The van der Waals surface area contributed by atoms with Crippen molar-refractivity contribution in [3.63, 3.8) is 0 Å². The molecule has 0 aliphatic carbocycles. The van der Waals surface area contributed by atoms with E-state index < -0.39 is 0 Å². The summed E-state index contributed by atoms with van der Waals surface area (Å²) in [7, 11) is 1.63. The second-order valence-electron chi connectivity index (χ2n) is 4.15. The number of ether oxygens (including phenoxy) is 1. The predicted molar refractivity (Wildman–Crippen MR) is 77.0 cm³/mol. The summed E-state index contributed by atoms with van der Waals surface area (Å²) in [5.41, 5.74) is 7.15. The van der Waals surface area contributed by atoms with Crippen molar-refractivity contribution in [2.24, 2.45) is 5.73 Å². The molecule has 2 nitrogen and oxygen atoms in total. The number of thioether (sulfide) groups is 1. The van der Waals surface area contributed by atoms with E-state index in [9.17, 15) is 4.39 Å². The third-order valence-electron chi connectivity index (χ3n) is 2.75. The average Bonchev–Trinajstić information content (AvgIpc) is 2.45. The fourth-order valence-corrected chi connectivity index (χ4v) is 2.65. The number of nitrogens with two attached hydrogens (primary N) is 1. The monoisotopic (exact) mass is 277 g/mol. The number of benzene rings is 2. The Kier molecular flexibility index (Phi) is 4.82. The molecule has 2 aromatic carbocycles. The Labute approximate surface area is 116 Å². The van der Waals surface area contributed by atoms with Crippen LogP contribution in [0.4, 0.5) is 4.39 Å². The molecule has 0 fully saturated rings. The molecule has 100 valence electrons. The van der Waals surface area contributed by atoms with Gasteiger partial charge in [-0.15, -0.1) is 11.8 Å². The summed E-state index contributed by atoms with van der Waals surface area (Å²) >= 11 is 1.55. The Morgan fingerprint density at radius 1 is 1.21 bits per heavy atom. The van der Waals surface area contributed by atoms with Crippen molar-refractivity contribution in [1.82, 2.24) is 0 Å². The minimum atomic E-state index is -0.222. The Hall–Kier alpha value is -1.52. The molecule has 0 spiro atoms. The molecule has 0 aliphatic heterocycles. The first kappa shape index (κ1) is 13.9. The van der Waals surface area contributed by atoms with Crippen LogP contribution in [0, 0.1) is 5.82 Å². The minimum absolute atomic E-state index is 0.108. The maximum atomic E-state index is 13.1. The number of rotatable bonds is 5. The van der Waals surface area contributed by atoms with Gasteiger partial charge in [0, 0.05) is 16.7 Å². The lowest BCUT2D eigenvalue weighted by Crippen LogP contribution is -2.12. The number of hydrogen-bond acceptors (Lipinski definition) is 3. The molecule has 0 heterocycles. The predicted octanol–water partition coefficient (Wildman–Crippen LogP) is 3.63. The Balaban J connectivity index is 1.99. The van der Waals surface area contributed by atoms with Crippen molar-refractivity contribution in [1.29, 1.82) is 0 Å². The van der Waals surface area contributed by atoms with Gasteiger partial charge in [0.15, 0.2) is 0 Å². The fourth-order valence-electron chi connectivity index (χ4n) is 1.71. The van der Waals surface area contributed by atoms with Crippen LogP contribution in [-0.4, -0.2) is 12.9 Å². The minimum Gasteiger partial charge on any atom is -0.497 e. The van der Waals surface area contributed by atoms with E-state index in [1.54, 1.807) is 24.9 Å². The van der Waals surface area contributed by atoms with Gasteiger partial charge in [-0.2, -0.15) is 0 Å². The highest BCUT2D eigenvalue weighted by Crippen LogP contribution is 2.25. The lowest BCUT2D eigenvalue weighted by molar-refractivity contribution is 0.414. The van der Waals surface area contributed by atoms with Gasteiger partial charge < -0.3 is 10.5 Å². The molecular formula is C15H16FNOS. The maximum absolute atomic E-state index is 13.1. The molecule has 1 atom stereocenters. The van der Waals surface area contributed by atoms with Gasteiger partial charge in [-0.05, 0) is 35.9 Å². The zero-order valence-corrected chi connectivity index (χ0v) is 11.5. The number of hydrogen-bond donors (Lipinski definition) is 1. The summed E-state index contributed by atoms with van der Waals surface area (Å²) in [6, 6.07) is 14.1. The standard InChI is InChI=1S/C15H16FNOS/c1-18-13-6-2-4-11(8-13)15(17)10-19-14-7-3-5-12(16)9-14/h2-9,15H,10,17H2,1H3. The number of methoxy groups -OCH3 is 1. The van der Waals surface area contributed by atoms with Crippen molar-refractivity contribution in [2.45, 2.75) is 10.9 Å². The first-order chi connectivity index (χ1) is 9.19. The van der Waals surface area contributed by atoms with Gasteiger partial charge in [0.1, 0.15) is 11.6 Å². The summed E-state index contributed by atoms with van der Waals surface area (Å²) in [5.74, 6) is 1.26. The van der Waals surface area contributed by atoms with Crippen LogP contribution in [0.15, 0.2) is 53.4 Å². The first-order valence-corrected chi connectivity index (χ1v) is 6.95. The molecule has 2 aromatic rings. The highest BCUT2D eigenvalue weighted by molar-refractivity contribution is 7.99. The zero-order valence-electron chi connectivity index (χ0n) is 10.7. The molecule has 0 saturated carbocycles. The second-order valence-corrected chi connectivity index (χ2v) is 5.24. The van der Waals surface area contributed by atoms with Gasteiger partial charge in [-0.25, -0.2) is 4.39 Å². The summed E-state index contributed by atoms with van der Waals surface area (Å²) in [4.78, 5) is 0.887. The van der Waals surface area contributed by atoms with Gasteiger partial charge in [0.05, 0.1) is 7.11 Å². The van der Waals surface area contributed by atoms with Crippen LogP contribution >= 0.6 is 11.8 Å². The first-order valence-electron chi connectivity index (χ1n) is 5.97. The average molecular weight is 277 g/mol. The van der Waals surface area contributed by atoms with Gasteiger partial charge in [-0.1, -0.05) is 18.2 Å². The Bertz CT molecular complexity index is 547. The quantitative estimate of drug-likeness (QED) is 0.848. The molecule has 0 saturated heterocycles. The van der Waals surface area contributed by atoms with Crippen molar-refractivity contribution in [3.05, 3.63) is 59.9 Å². The van der Waals surface area contributed by atoms with E-state index in [1.165, 1.54) is 12.1 Å². The van der Waals surface area contributed by atoms with Crippen LogP contribution in [0.3, 0.4) is 0 Å². The van der Waals surface area contributed by atoms with Crippen molar-refractivity contribution < 1.29 is 9.13 Å². The largest absolute Gasteiger partial charge is 0.497 e. The summed E-state index contributed by atoms with van der Waals surface area (Å²) in [5, 5.41) is 0. The molecule has 0 aliphatic rings. The summed E-state index contributed by atoms with van der Waals surface area (Å²) in [6.45, 7) is 0. The van der Waals surface area contributed by atoms with Gasteiger partial charge in [0.25, 0.3) is 0 Å². The van der Waals surface area contributed by atoms with E-state index >= 15 is 0 Å². The van der Waals surface area contributed by atoms with Crippen molar-refractivity contribution >= 4 is 11.8 Å². The topological polar surface area (TPSA) is 35.2 Å². The third-order valence-corrected chi connectivity index (χ3v) is 3.86. The van der Waals surface area contributed by atoms with E-state index in [1.807, 2.05) is 30.3 Å². The molecule has 0 radical (unpaired) electrons. The molecule has 4 heteroatoms. The Morgan fingerprint density at radius 3 is 2.74 bits per heavy atom. The lowest BCUT2D eigenvalue weighted by Gasteiger charge is -2.12. The van der Waals surface area contributed by atoms with Crippen LogP contribution in [-0.2, 0) is 0 Å². The maximum Gasteiger partial charge on any atom is 0.124 e. The van der Waals surface area contributed by atoms with Crippen LogP contribution in [0.2, 0.25) is 0 Å². The Morgan fingerprint density at radius 2 is 2.00 bits per heavy atom. The van der Waals surface area contributed by atoms with Crippen molar-refractivity contribution in [2.75, 3.05) is 12.9 Å². The molecular weight excluding hydrogens is 261 g/mol. The van der Waals surface area contributed by atoms with E-state index in [4.69, 9.17) is 10.5 Å². The van der Waals surface area contributed by atoms with E-state index in [0.717, 1.165) is 16.2 Å². The number of halogens is 1. The van der Waals surface area contributed by atoms with Crippen molar-refractivity contribution in [3.8, 4) is 5.75 Å². The molecule has 2 rings (SSSR count). The molecule has 2 N–H and O–H groups in total. The molecule has 0 aromatic heterocycles.